The summed E-state index contributed by atoms with van der Waals surface area (Å²) in [6.45, 7) is 7.80. The second kappa shape index (κ2) is 6.67. The Bertz CT molecular complexity index is 521. The van der Waals surface area contributed by atoms with Gasteiger partial charge in [-0.05, 0) is 31.5 Å². The average molecular weight is 256 g/mol. The van der Waals surface area contributed by atoms with Gasteiger partial charge in [-0.25, -0.2) is 0 Å². The molecule has 2 aromatic rings. The second-order valence-electron chi connectivity index (χ2n) is 5.19. The number of fused-ring (bicyclic) bond motifs is 1. The van der Waals surface area contributed by atoms with Gasteiger partial charge in [0.25, 0.3) is 0 Å². The van der Waals surface area contributed by atoms with E-state index in [0.717, 1.165) is 18.5 Å². The lowest BCUT2D eigenvalue weighted by Gasteiger charge is -2.23. The standard InChI is InChI=1S/C17H24N2/c1-4-12-18-15(5-2)13(3)16-11-10-14-8-6-7-9-17(14)19-16/h6-11,13,15,18H,4-5,12H2,1-3H3. The van der Waals surface area contributed by atoms with E-state index >= 15 is 0 Å². The molecule has 1 heterocycles. The van der Waals surface area contributed by atoms with Crippen LogP contribution < -0.4 is 5.32 Å². The highest BCUT2D eigenvalue weighted by Gasteiger charge is 2.17. The van der Waals surface area contributed by atoms with Crippen molar-refractivity contribution >= 4 is 10.9 Å². The number of hydrogen-bond donors (Lipinski definition) is 1. The van der Waals surface area contributed by atoms with E-state index in [1.165, 1.54) is 17.5 Å². The second-order valence-corrected chi connectivity index (χ2v) is 5.19. The number of nitrogens with one attached hydrogen (secondary N) is 1. The van der Waals surface area contributed by atoms with Crippen molar-refractivity contribution in [3.8, 4) is 0 Å². The minimum atomic E-state index is 0.446. The highest BCUT2D eigenvalue weighted by atomic mass is 14.9. The van der Waals surface area contributed by atoms with E-state index in [-0.39, 0.29) is 0 Å². The van der Waals surface area contributed by atoms with Gasteiger partial charge in [-0.1, -0.05) is 45.0 Å². The van der Waals surface area contributed by atoms with Crippen LogP contribution in [0.4, 0.5) is 0 Å². The molecule has 2 nitrogen and oxygen atoms in total. The number of hydrogen-bond acceptors (Lipinski definition) is 2. The first-order chi connectivity index (χ1) is 9.26. The molecule has 0 aliphatic heterocycles. The van der Waals surface area contributed by atoms with Crippen LogP contribution in [-0.4, -0.2) is 17.6 Å². The third-order valence-corrected chi connectivity index (χ3v) is 3.79. The van der Waals surface area contributed by atoms with Gasteiger partial charge in [0.2, 0.25) is 0 Å². The summed E-state index contributed by atoms with van der Waals surface area (Å²) in [6.07, 6.45) is 2.31. The highest BCUT2D eigenvalue weighted by Crippen LogP contribution is 2.22. The molecule has 2 unspecified atom stereocenters. The lowest BCUT2D eigenvalue weighted by atomic mass is 9.95. The maximum Gasteiger partial charge on any atom is 0.0705 e. The van der Waals surface area contributed by atoms with Crippen molar-refractivity contribution in [3.63, 3.8) is 0 Å². The van der Waals surface area contributed by atoms with Crippen molar-refractivity contribution in [2.24, 2.45) is 0 Å². The van der Waals surface area contributed by atoms with Gasteiger partial charge in [0.1, 0.15) is 0 Å². The zero-order valence-electron chi connectivity index (χ0n) is 12.2. The number of aromatic nitrogens is 1. The summed E-state index contributed by atoms with van der Waals surface area (Å²) < 4.78 is 0. The SMILES string of the molecule is CCCNC(CC)C(C)c1ccc2ccccc2n1. The van der Waals surface area contributed by atoms with Crippen LogP contribution in [-0.2, 0) is 0 Å². The summed E-state index contributed by atoms with van der Waals surface area (Å²) in [7, 11) is 0. The van der Waals surface area contributed by atoms with Crippen molar-refractivity contribution in [2.75, 3.05) is 6.54 Å². The number of para-hydroxylation sites is 1. The van der Waals surface area contributed by atoms with Gasteiger partial charge in [-0.2, -0.15) is 0 Å². The van der Waals surface area contributed by atoms with E-state index in [4.69, 9.17) is 4.98 Å². The van der Waals surface area contributed by atoms with Gasteiger partial charge < -0.3 is 5.32 Å². The first kappa shape index (κ1) is 14.0. The number of rotatable bonds is 6. The zero-order chi connectivity index (χ0) is 13.7. The highest BCUT2D eigenvalue weighted by molar-refractivity contribution is 5.78. The molecule has 0 saturated carbocycles. The predicted molar refractivity (Wildman–Crippen MR) is 82.5 cm³/mol. The van der Waals surface area contributed by atoms with E-state index in [1.54, 1.807) is 0 Å². The van der Waals surface area contributed by atoms with Crippen molar-refractivity contribution in [3.05, 3.63) is 42.1 Å². The predicted octanol–water partition coefficient (Wildman–Crippen LogP) is 4.12. The molecule has 0 bridgehead atoms. The van der Waals surface area contributed by atoms with Crippen molar-refractivity contribution < 1.29 is 0 Å². The Kier molecular flexibility index (Phi) is 4.92. The summed E-state index contributed by atoms with van der Waals surface area (Å²) in [5, 5.41) is 4.84. The first-order valence-corrected chi connectivity index (χ1v) is 7.35. The summed E-state index contributed by atoms with van der Waals surface area (Å²) in [5.74, 6) is 0.446. The molecule has 2 atom stereocenters. The topological polar surface area (TPSA) is 24.9 Å². The molecule has 2 rings (SSSR count). The van der Waals surface area contributed by atoms with Crippen molar-refractivity contribution in [1.29, 1.82) is 0 Å². The monoisotopic (exact) mass is 256 g/mol. The molecule has 1 aromatic heterocycles. The number of pyridine rings is 1. The minimum Gasteiger partial charge on any atom is -0.313 e. The molecule has 19 heavy (non-hydrogen) atoms. The van der Waals surface area contributed by atoms with Crippen molar-refractivity contribution in [2.45, 2.75) is 45.6 Å². The van der Waals surface area contributed by atoms with Gasteiger partial charge >= 0.3 is 0 Å². The molecular weight excluding hydrogens is 232 g/mol. The summed E-state index contributed by atoms with van der Waals surface area (Å²) in [5.41, 5.74) is 2.28. The van der Waals surface area contributed by atoms with Crippen LogP contribution in [0.15, 0.2) is 36.4 Å². The molecular formula is C17H24N2. The smallest absolute Gasteiger partial charge is 0.0705 e. The largest absolute Gasteiger partial charge is 0.313 e. The molecule has 0 fully saturated rings. The summed E-state index contributed by atoms with van der Waals surface area (Å²) >= 11 is 0. The third kappa shape index (κ3) is 3.32. The van der Waals surface area contributed by atoms with Crippen LogP contribution >= 0.6 is 0 Å². The third-order valence-electron chi connectivity index (χ3n) is 3.79. The van der Waals surface area contributed by atoms with E-state index in [9.17, 15) is 0 Å². The maximum atomic E-state index is 4.81. The molecule has 0 amide bonds. The molecule has 0 saturated heterocycles. The Morgan fingerprint density at radius 1 is 1.11 bits per heavy atom. The quantitative estimate of drug-likeness (QED) is 0.841. The van der Waals surface area contributed by atoms with Gasteiger partial charge in [0.05, 0.1) is 5.52 Å². The fourth-order valence-electron chi connectivity index (χ4n) is 2.55. The van der Waals surface area contributed by atoms with Crippen LogP contribution in [0.3, 0.4) is 0 Å². The lowest BCUT2D eigenvalue weighted by molar-refractivity contribution is 0.433. The van der Waals surface area contributed by atoms with Crippen LogP contribution in [0.25, 0.3) is 10.9 Å². The maximum absolute atomic E-state index is 4.81. The summed E-state index contributed by atoms with van der Waals surface area (Å²) in [4.78, 5) is 4.81. The zero-order valence-corrected chi connectivity index (χ0v) is 12.2. The van der Waals surface area contributed by atoms with Gasteiger partial charge in [-0.3, -0.25) is 4.98 Å². The Morgan fingerprint density at radius 3 is 2.63 bits per heavy atom. The Balaban J connectivity index is 2.21. The first-order valence-electron chi connectivity index (χ1n) is 7.35. The van der Waals surface area contributed by atoms with Crippen LogP contribution in [0.1, 0.15) is 45.2 Å². The average Bonchev–Trinajstić information content (AvgIpc) is 2.47. The van der Waals surface area contributed by atoms with Crippen LogP contribution in [0.2, 0.25) is 0 Å². The van der Waals surface area contributed by atoms with Gasteiger partial charge in [0, 0.05) is 23.0 Å². The van der Waals surface area contributed by atoms with Gasteiger partial charge in [-0.15, -0.1) is 0 Å². The van der Waals surface area contributed by atoms with E-state index in [1.807, 2.05) is 0 Å². The molecule has 2 heteroatoms. The Labute approximate surface area is 116 Å². The lowest BCUT2D eigenvalue weighted by Crippen LogP contribution is -2.34. The molecule has 0 spiro atoms. The summed E-state index contributed by atoms with van der Waals surface area (Å²) in [6, 6.07) is 13.2. The molecule has 102 valence electrons. The fourth-order valence-corrected chi connectivity index (χ4v) is 2.55. The Hall–Kier alpha value is -1.41. The molecule has 0 radical (unpaired) electrons. The van der Waals surface area contributed by atoms with E-state index < -0.39 is 0 Å². The van der Waals surface area contributed by atoms with E-state index in [0.29, 0.717) is 12.0 Å². The van der Waals surface area contributed by atoms with Crippen LogP contribution in [0.5, 0.6) is 0 Å². The fraction of sp³-hybridized carbons (Fsp3) is 0.471. The number of nitrogens with zero attached hydrogens (tertiary/aromatic N) is 1. The molecule has 0 aliphatic carbocycles. The molecule has 1 N–H and O–H groups in total. The van der Waals surface area contributed by atoms with Crippen LogP contribution in [0, 0.1) is 0 Å². The van der Waals surface area contributed by atoms with E-state index in [2.05, 4.69) is 62.5 Å². The van der Waals surface area contributed by atoms with Crippen molar-refractivity contribution in [1.82, 2.24) is 10.3 Å². The minimum absolute atomic E-state index is 0.446. The molecule has 1 aromatic carbocycles. The van der Waals surface area contributed by atoms with Gasteiger partial charge in [0.15, 0.2) is 0 Å². The number of benzene rings is 1. The Morgan fingerprint density at radius 2 is 1.89 bits per heavy atom. The molecule has 0 aliphatic rings. The normalized spacial score (nSPS) is 14.5.